The molecule has 0 spiro atoms. The average Bonchev–Trinajstić information content (AvgIpc) is 2.57. The number of nitriles is 1. The standard InChI is InChI=1S/C19H20N4O/c1-13(2)15-5-7-17(8-6-15)23-19(24)16(10-20)12-22-18-9-4-14(3)11-21-18/h4-9,11-13H,1-3H3,(H,21,22)(H,23,24)/b16-12-. The van der Waals surface area contributed by atoms with Crippen LogP contribution in [-0.2, 0) is 4.79 Å². The van der Waals surface area contributed by atoms with Crippen molar-refractivity contribution in [2.24, 2.45) is 0 Å². The van der Waals surface area contributed by atoms with Crippen LogP contribution in [0.15, 0.2) is 54.4 Å². The minimum atomic E-state index is -0.464. The first-order valence-corrected chi connectivity index (χ1v) is 7.70. The van der Waals surface area contributed by atoms with Gasteiger partial charge >= 0.3 is 0 Å². The third kappa shape index (κ3) is 4.68. The molecule has 0 aliphatic rings. The van der Waals surface area contributed by atoms with E-state index in [0.29, 0.717) is 17.4 Å². The van der Waals surface area contributed by atoms with Crippen LogP contribution in [0.4, 0.5) is 11.5 Å². The predicted octanol–water partition coefficient (Wildman–Crippen LogP) is 3.97. The van der Waals surface area contributed by atoms with Crippen LogP contribution < -0.4 is 10.6 Å². The number of aryl methyl sites for hydroxylation is 1. The lowest BCUT2D eigenvalue weighted by atomic mass is 10.0. The van der Waals surface area contributed by atoms with E-state index in [4.69, 9.17) is 0 Å². The lowest BCUT2D eigenvalue weighted by Gasteiger charge is -2.08. The highest BCUT2D eigenvalue weighted by atomic mass is 16.1. The maximum absolute atomic E-state index is 12.2. The van der Waals surface area contributed by atoms with E-state index in [1.165, 1.54) is 11.8 Å². The minimum Gasteiger partial charge on any atom is -0.345 e. The van der Waals surface area contributed by atoms with Crippen LogP contribution in [0.5, 0.6) is 0 Å². The van der Waals surface area contributed by atoms with Gasteiger partial charge in [0.1, 0.15) is 17.5 Å². The second-order valence-electron chi connectivity index (χ2n) is 5.77. The summed E-state index contributed by atoms with van der Waals surface area (Å²) in [4.78, 5) is 16.3. The van der Waals surface area contributed by atoms with E-state index >= 15 is 0 Å². The highest BCUT2D eigenvalue weighted by Gasteiger charge is 2.09. The van der Waals surface area contributed by atoms with Gasteiger partial charge in [0.05, 0.1) is 0 Å². The molecule has 0 saturated heterocycles. The van der Waals surface area contributed by atoms with Crippen molar-refractivity contribution in [3.05, 3.63) is 65.5 Å². The first-order chi connectivity index (χ1) is 11.5. The average molecular weight is 320 g/mol. The fourth-order valence-electron chi connectivity index (χ4n) is 2.00. The summed E-state index contributed by atoms with van der Waals surface area (Å²) in [5, 5.41) is 14.7. The Balaban J connectivity index is 2.04. The Bertz CT molecular complexity index is 769. The molecule has 1 amide bonds. The number of hydrogen-bond acceptors (Lipinski definition) is 4. The summed E-state index contributed by atoms with van der Waals surface area (Å²) < 4.78 is 0. The molecule has 0 fully saturated rings. The van der Waals surface area contributed by atoms with Crippen molar-refractivity contribution in [2.75, 3.05) is 10.6 Å². The van der Waals surface area contributed by atoms with E-state index in [-0.39, 0.29) is 5.57 Å². The number of benzene rings is 1. The molecule has 0 saturated carbocycles. The Kier molecular flexibility index (Phi) is 5.69. The molecule has 1 aromatic carbocycles. The predicted molar refractivity (Wildman–Crippen MR) is 95.5 cm³/mol. The van der Waals surface area contributed by atoms with Gasteiger partial charge in [-0.25, -0.2) is 4.98 Å². The van der Waals surface area contributed by atoms with Gasteiger partial charge in [-0.05, 0) is 42.2 Å². The maximum atomic E-state index is 12.2. The number of carbonyl (C=O) groups excluding carboxylic acids is 1. The van der Waals surface area contributed by atoms with Crippen molar-refractivity contribution in [1.82, 2.24) is 4.98 Å². The SMILES string of the molecule is Cc1ccc(N/C=C(/C#N)C(=O)Nc2ccc(C(C)C)cc2)nc1. The maximum Gasteiger partial charge on any atom is 0.267 e. The summed E-state index contributed by atoms with van der Waals surface area (Å²) in [6.07, 6.45) is 3.06. The number of nitrogens with one attached hydrogen (secondary N) is 2. The number of pyridine rings is 1. The normalized spacial score (nSPS) is 11.0. The number of rotatable bonds is 5. The summed E-state index contributed by atoms with van der Waals surface area (Å²) >= 11 is 0. The van der Waals surface area contributed by atoms with Crippen LogP contribution in [0.25, 0.3) is 0 Å². The molecule has 2 aromatic rings. The van der Waals surface area contributed by atoms with Crippen molar-refractivity contribution in [2.45, 2.75) is 26.7 Å². The first kappa shape index (κ1) is 17.2. The van der Waals surface area contributed by atoms with Gasteiger partial charge in [0, 0.05) is 18.1 Å². The summed E-state index contributed by atoms with van der Waals surface area (Å²) in [6, 6.07) is 13.2. The van der Waals surface area contributed by atoms with E-state index in [2.05, 4.69) is 29.5 Å². The van der Waals surface area contributed by atoms with Crippen molar-refractivity contribution >= 4 is 17.4 Å². The van der Waals surface area contributed by atoms with Gasteiger partial charge in [0.15, 0.2) is 0 Å². The van der Waals surface area contributed by atoms with Crippen LogP contribution >= 0.6 is 0 Å². The summed E-state index contributed by atoms with van der Waals surface area (Å²) in [5.41, 5.74) is 2.85. The molecule has 2 rings (SSSR count). The summed E-state index contributed by atoms with van der Waals surface area (Å²) in [7, 11) is 0. The number of amides is 1. The Morgan fingerprint density at radius 2 is 1.92 bits per heavy atom. The number of nitrogens with zero attached hydrogens (tertiary/aromatic N) is 2. The van der Waals surface area contributed by atoms with Crippen molar-refractivity contribution < 1.29 is 4.79 Å². The van der Waals surface area contributed by atoms with E-state index in [0.717, 1.165) is 5.56 Å². The topological polar surface area (TPSA) is 77.8 Å². The second-order valence-corrected chi connectivity index (χ2v) is 5.77. The van der Waals surface area contributed by atoms with Gasteiger partial charge in [-0.1, -0.05) is 32.0 Å². The molecule has 0 aliphatic carbocycles. The monoisotopic (exact) mass is 320 g/mol. The molecule has 0 radical (unpaired) electrons. The molecule has 1 heterocycles. The van der Waals surface area contributed by atoms with Gasteiger partial charge in [0.2, 0.25) is 0 Å². The van der Waals surface area contributed by atoms with Crippen LogP contribution in [0.2, 0.25) is 0 Å². The van der Waals surface area contributed by atoms with Crippen LogP contribution in [0.3, 0.4) is 0 Å². The molecular weight excluding hydrogens is 300 g/mol. The lowest BCUT2D eigenvalue weighted by molar-refractivity contribution is -0.112. The number of hydrogen-bond donors (Lipinski definition) is 2. The van der Waals surface area contributed by atoms with Crippen LogP contribution in [0.1, 0.15) is 30.9 Å². The largest absolute Gasteiger partial charge is 0.345 e. The molecular formula is C19H20N4O. The molecule has 1 aromatic heterocycles. The number of anilines is 2. The Morgan fingerprint density at radius 3 is 2.46 bits per heavy atom. The molecule has 5 nitrogen and oxygen atoms in total. The molecule has 24 heavy (non-hydrogen) atoms. The highest BCUT2D eigenvalue weighted by Crippen LogP contribution is 2.17. The molecule has 122 valence electrons. The number of aromatic nitrogens is 1. The van der Waals surface area contributed by atoms with E-state index in [1.807, 2.05) is 43.3 Å². The quantitative estimate of drug-likeness (QED) is 0.645. The van der Waals surface area contributed by atoms with Crippen molar-refractivity contribution in [1.29, 1.82) is 5.26 Å². The molecule has 0 unspecified atom stereocenters. The van der Waals surface area contributed by atoms with Gasteiger partial charge in [-0.2, -0.15) is 5.26 Å². The molecule has 5 heteroatoms. The zero-order chi connectivity index (χ0) is 17.5. The Morgan fingerprint density at radius 1 is 1.21 bits per heavy atom. The van der Waals surface area contributed by atoms with E-state index in [9.17, 15) is 10.1 Å². The fourth-order valence-corrected chi connectivity index (χ4v) is 2.00. The fraction of sp³-hybridized carbons (Fsp3) is 0.211. The minimum absolute atomic E-state index is 0.0229. The number of carbonyl (C=O) groups is 1. The van der Waals surface area contributed by atoms with Gasteiger partial charge in [-0.3, -0.25) is 4.79 Å². The third-order valence-corrected chi connectivity index (χ3v) is 3.48. The molecule has 2 N–H and O–H groups in total. The van der Waals surface area contributed by atoms with E-state index < -0.39 is 5.91 Å². The van der Waals surface area contributed by atoms with Crippen LogP contribution in [0, 0.1) is 18.3 Å². The zero-order valence-electron chi connectivity index (χ0n) is 14.0. The molecule has 0 aliphatic heterocycles. The summed E-state index contributed by atoms with van der Waals surface area (Å²) in [6.45, 7) is 6.15. The third-order valence-electron chi connectivity index (χ3n) is 3.48. The van der Waals surface area contributed by atoms with E-state index in [1.54, 1.807) is 12.3 Å². The smallest absolute Gasteiger partial charge is 0.267 e. The summed E-state index contributed by atoms with van der Waals surface area (Å²) in [5.74, 6) is 0.535. The van der Waals surface area contributed by atoms with Gasteiger partial charge in [-0.15, -0.1) is 0 Å². The highest BCUT2D eigenvalue weighted by molar-refractivity contribution is 6.06. The van der Waals surface area contributed by atoms with Crippen molar-refractivity contribution in [3.63, 3.8) is 0 Å². The first-order valence-electron chi connectivity index (χ1n) is 7.70. The van der Waals surface area contributed by atoms with Gasteiger partial charge < -0.3 is 10.6 Å². The molecule has 0 bridgehead atoms. The molecule has 0 atom stereocenters. The second kappa shape index (κ2) is 7.93. The zero-order valence-corrected chi connectivity index (χ0v) is 14.0. The van der Waals surface area contributed by atoms with Crippen LogP contribution in [-0.4, -0.2) is 10.9 Å². The lowest BCUT2D eigenvalue weighted by Crippen LogP contribution is -2.14. The Labute approximate surface area is 142 Å². The van der Waals surface area contributed by atoms with Crippen molar-refractivity contribution in [3.8, 4) is 6.07 Å². The van der Waals surface area contributed by atoms with Gasteiger partial charge in [0.25, 0.3) is 5.91 Å². The Hall–Kier alpha value is -3.13.